The zero-order valence-corrected chi connectivity index (χ0v) is 21.8. The van der Waals surface area contributed by atoms with E-state index in [9.17, 15) is 14.3 Å². The lowest BCUT2D eigenvalue weighted by molar-refractivity contribution is -0.122. The van der Waals surface area contributed by atoms with Crippen LogP contribution in [0.3, 0.4) is 0 Å². The molecular weight excluding hydrogens is 487 g/mol. The van der Waals surface area contributed by atoms with Crippen molar-refractivity contribution in [2.45, 2.75) is 50.2 Å². The summed E-state index contributed by atoms with van der Waals surface area (Å²) in [5, 5.41) is 22.1. The zero-order valence-electron chi connectivity index (χ0n) is 21.0. The Kier molecular flexibility index (Phi) is 8.95. The number of rotatable bonds is 11. The highest BCUT2D eigenvalue weighted by Crippen LogP contribution is 2.25. The molecule has 0 aliphatic carbocycles. The Balaban J connectivity index is 1.49. The predicted molar refractivity (Wildman–Crippen MR) is 144 cm³/mol. The molecule has 0 bridgehead atoms. The van der Waals surface area contributed by atoms with E-state index in [1.807, 2.05) is 53.1 Å². The Morgan fingerprint density at radius 2 is 1.70 bits per heavy atom. The maximum atomic E-state index is 14.1. The molecule has 0 fully saturated rings. The van der Waals surface area contributed by atoms with Crippen molar-refractivity contribution in [3.05, 3.63) is 107 Å². The fourth-order valence-electron chi connectivity index (χ4n) is 4.07. The molecule has 3 aromatic carbocycles. The third-order valence-electron chi connectivity index (χ3n) is 5.97. The minimum absolute atomic E-state index is 0.112. The average Bonchev–Trinajstić information content (AvgIpc) is 3.27. The fraction of sp³-hybridized carbons (Fsp3) is 0.276. The van der Waals surface area contributed by atoms with Gasteiger partial charge in [0.15, 0.2) is 11.0 Å². The molecular formula is C29H31FN4O2S. The first-order valence-electron chi connectivity index (χ1n) is 12.3. The topological polar surface area (TPSA) is 80.0 Å². The summed E-state index contributed by atoms with van der Waals surface area (Å²) in [7, 11) is 0. The summed E-state index contributed by atoms with van der Waals surface area (Å²) in [5.74, 6) is 0.883. The third-order valence-corrected chi connectivity index (χ3v) is 6.99. The Bertz CT molecular complexity index is 1310. The lowest BCUT2D eigenvalue weighted by Gasteiger charge is -2.18. The monoisotopic (exact) mass is 518 g/mol. The molecule has 1 heterocycles. The van der Waals surface area contributed by atoms with E-state index in [4.69, 9.17) is 0 Å². The maximum absolute atomic E-state index is 14.1. The van der Waals surface area contributed by atoms with E-state index in [2.05, 4.69) is 29.4 Å². The number of nitrogens with zero attached hydrogens (tertiary/aromatic N) is 3. The molecule has 2 N–H and O–H groups in total. The number of carbonyl (C=O) groups is 1. The second-order valence-corrected chi connectivity index (χ2v) is 10.3. The molecule has 0 saturated heterocycles. The Morgan fingerprint density at radius 1 is 1.00 bits per heavy atom. The minimum atomic E-state index is -0.401. The Labute approximate surface area is 221 Å². The van der Waals surface area contributed by atoms with Crippen molar-refractivity contribution < 1.29 is 14.3 Å². The van der Waals surface area contributed by atoms with Crippen LogP contribution in [0.15, 0.2) is 84.0 Å². The number of hydrogen-bond donors (Lipinski definition) is 2. The van der Waals surface area contributed by atoms with E-state index in [0.717, 1.165) is 11.1 Å². The fourth-order valence-corrected chi connectivity index (χ4v) is 5.02. The molecule has 0 aliphatic rings. The van der Waals surface area contributed by atoms with Crippen LogP contribution in [0.25, 0.3) is 0 Å². The van der Waals surface area contributed by atoms with Gasteiger partial charge >= 0.3 is 0 Å². The van der Waals surface area contributed by atoms with Gasteiger partial charge in [0.05, 0.1) is 12.5 Å². The highest BCUT2D eigenvalue weighted by molar-refractivity contribution is 7.98. The van der Waals surface area contributed by atoms with Crippen molar-refractivity contribution in [2.75, 3.05) is 0 Å². The molecule has 1 aromatic heterocycles. The van der Waals surface area contributed by atoms with Crippen LogP contribution in [0.5, 0.6) is 5.75 Å². The van der Waals surface area contributed by atoms with Gasteiger partial charge in [-0.2, -0.15) is 0 Å². The average molecular weight is 519 g/mol. The zero-order chi connectivity index (χ0) is 26.2. The molecule has 4 rings (SSSR count). The quantitative estimate of drug-likeness (QED) is 0.249. The molecule has 0 saturated carbocycles. The second-order valence-electron chi connectivity index (χ2n) is 9.33. The largest absolute Gasteiger partial charge is 0.508 e. The van der Waals surface area contributed by atoms with Crippen LogP contribution in [-0.4, -0.2) is 25.8 Å². The van der Waals surface area contributed by atoms with E-state index < -0.39 is 5.92 Å². The normalized spacial score (nSPS) is 12.0. The molecule has 0 aliphatic heterocycles. The van der Waals surface area contributed by atoms with Crippen molar-refractivity contribution in [3.8, 4) is 5.75 Å². The number of aromatic hydroxyl groups is 1. The number of carbonyl (C=O) groups excluding carboxylic acids is 1. The molecule has 1 amide bonds. The number of amides is 1. The van der Waals surface area contributed by atoms with Gasteiger partial charge < -0.3 is 15.0 Å². The summed E-state index contributed by atoms with van der Waals surface area (Å²) in [6.07, 6.45) is 0.499. The molecule has 4 aromatic rings. The van der Waals surface area contributed by atoms with Crippen molar-refractivity contribution in [1.82, 2.24) is 20.1 Å². The standard InChI is InChI=1S/C29H31FN4O2S/c1-20(2)18-34-27(32-33-29(34)37-19-23-10-6-7-11-26(23)30)17-31-28(36)25(22-8-4-3-5-9-22)16-21-12-14-24(35)15-13-21/h3-15,20,25,35H,16-19H2,1-2H3,(H,31,36). The number of hydrogen-bond acceptors (Lipinski definition) is 5. The van der Waals surface area contributed by atoms with Gasteiger partial charge in [-0.1, -0.05) is 86.3 Å². The highest BCUT2D eigenvalue weighted by Gasteiger charge is 2.22. The van der Waals surface area contributed by atoms with E-state index in [1.54, 1.807) is 24.3 Å². The molecule has 6 nitrogen and oxygen atoms in total. The third kappa shape index (κ3) is 7.20. The molecule has 0 spiro atoms. The van der Waals surface area contributed by atoms with E-state index in [0.29, 0.717) is 41.2 Å². The summed E-state index contributed by atoms with van der Waals surface area (Å²) in [5.41, 5.74) is 2.48. The van der Waals surface area contributed by atoms with Gasteiger partial charge in [-0.15, -0.1) is 10.2 Å². The van der Waals surface area contributed by atoms with Gasteiger partial charge in [0, 0.05) is 12.3 Å². The molecule has 1 atom stereocenters. The first-order valence-corrected chi connectivity index (χ1v) is 13.3. The SMILES string of the molecule is CC(C)Cn1c(CNC(=O)C(Cc2ccc(O)cc2)c2ccccc2)nnc1SCc1ccccc1F. The van der Waals surface area contributed by atoms with Gasteiger partial charge in [0.2, 0.25) is 5.91 Å². The lowest BCUT2D eigenvalue weighted by atomic mass is 9.91. The number of phenols is 1. The first-order chi connectivity index (χ1) is 17.9. The van der Waals surface area contributed by atoms with Crippen LogP contribution in [0.1, 0.15) is 42.3 Å². The van der Waals surface area contributed by atoms with Crippen molar-refractivity contribution in [3.63, 3.8) is 0 Å². The number of benzene rings is 3. The Morgan fingerprint density at radius 3 is 2.41 bits per heavy atom. The first kappa shape index (κ1) is 26.4. The van der Waals surface area contributed by atoms with Gasteiger partial charge in [-0.25, -0.2) is 4.39 Å². The van der Waals surface area contributed by atoms with Gasteiger partial charge in [0.1, 0.15) is 11.6 Å². The number of nitrogens with one attached hydrogen (secondary N) is 1. The van der Waals surface area contributed by atoms with Crippen molar-refractivity contribution >= 4 is 17.7 Å². The van der Waals surface area contributed by atoms with Gasteiger partial charge in [-0.05, 0) is 47.2 Å². The molecule has 37 heavy (non-hydrogen) atoms. The summed E-state index contributed by atoms with van der Waals surface area (Å²) >= 11 is 1.43. The van der Waals surface area contributed by atoms with Crippen LogP contribution in [0, 0.1) is 11.7 Å². The molecule has 0 radical (unpaired) electrons. The van der Waals surface area contributed by atoms with Gasteiger partial charge in [-0.3, -0.25) is 4.79 Å². The van der Waals surface area contributed by atoms with Gasteiger partial charge in [0.25, 0.3) is 0 Å². The van der Waals surface area contributed by atoms with Crippen molar-refractivity contribution in [2.24, 2.45) is 5.92 Å². The summed E-state index contributed by atoms with van der Waals surface area (Å²) in [6, 6.07) is 23.3. The number of thioether (sulfide) groups is 1. The summed E-state index contributed by atoms with van der Waals surface area (Å²) in [6.45, 7) is 5.14. The number of phenolic OH excluding ortho intramolecular Hbond substituents is 1. The van der Waals surface area contributed by atoms with Crippen LogP contribution in [-0.2, 0) is 30.1 Å². The Hall–Kier alpha value is -3.65. The molecule has 1 unspecified atom stereocenters. The van der Waals surface area contributed by atoms with Crippen molar-refractivity contribution in [1.29, 1.82) is 0 Å². The highest BCUT2D eigenvalue weighted by atomic mass is 32.2. The van der Waals surface area contributed by atoms with Crippen LogP contribution >= 0.6 is 11.8 Å². The van der Waals surface area contributed by atoms with E-state index in [-0.39, 0.29) is 24.0 Å². The predicted octanol–water partition coefficient (Wildman–Crippen LogP) is 5.71. The summed E-state index contributed by atoms with van der Waals surface area (Å²) < 4.78 is 16.1. The van der Waals surface area contributed by atoms with Crippen LogP contribution < -0.4 is 5.32 Å². The summed E-state index contributed by atoms with van der Waals surface area (Å²) in [4.78, 5) is 13.4. The number of aromatic nitrogens is 3. The van der Waals surface area contributed by atoms with Crippen LogP contribution in [0.4, 0.5) is 4.39 Å². The maximum Gasteiger partial charge on any atom is 0.228 e. The lowest BCUT2D eigenvalue weighted by Crippen LogP contribution is -2.31. The van der Waals surface area contributed by atoms with E-state index in [1.165, 1.54) is 17.8 Å². The van der Waals surface area contributed by atoms with Crippen LogP contribution in [0.2, 0.25) is 0 Å². The van der Waals surface area contributed by atoms with E-state index >= 15 is 0 Å². The molecule has 8 heteroatoms. The number of halogens is 1. The molecule has 192 valence electrons. The smallest absolute Gasteiger partial charge is 0.228 e. The minimum Gasteiger partial charge on any atom is -0.508 e. The second kappa shape index (κ2) is 12.5.